The number of aromatic nitrogens is 1. The molecule has 0 bridgehead atoms. The zero-order valence-electron chi connectivity index (χ0n) is 8.33. The predicted octanol–water partition coefficient (Wildman–Crippen LogP) is 1.74. The SMILES string of the molecule is CN1CC=C(c2cccn2C)CC1. The Hall–Kier alpha value is -1.02. The van der Waals surface area contributed by atoms with Crippen LogP contribution >= 0.6 is 0 Å². The lowest BCUT2D eigenvalue weighted by Crippen LogP contribution is -2.24. The molecule has 0 atom stereocenters. The second-order valence-corrected chi connectivity index (χ2v) is 3.75. The standard InChI is InChI=1S/C11H16N2/c1-12-8-5-10(6-9-12)11-4-3-7-13(11)2/h3-5,7H,6,8-9H2,1-2H3. The molecule has 70 valence electrons. The van der Waals surface area contributed by atoms with E-state index in [1.54, 1.807) is 0 Å². The third kappa shape index (κ3) is 1.68. The van der Waals surface area contributed by atoms with Gasteiger partial charge in [-0.2, -0.15) is 0 Å². The highest BCUT2D eigenvalue weighted by molar-refractivity contribution is 5.64. The fourth-order valence-electron chi connectivity index (χ4n) is 1.80. The monoisotopic (exact) mass is 176 g/mol. The summed E-state index contributed by atoms with van der Waals surface area (Å²) in [4.78, 5) is 2.34. The highest BCUT2D eigenvalue weighted by Gasteiger charge is 2.10. The zero-order chi connectivity index (χ0) is 9.26. The minimum absolute atomic E-state index is 1.08. The van der Waals surface area contributed by atoms with E-state index in [1.807, 2.05) is 0 Å². The molecule has 0 unspecified atom stereocenters. The van der Waals surface area contributed by atoms with Crippen molar-refractivity contribution < 1.29 is 0 Å². The first-order valence-corrected chi connectivity index (χ1v) is 4.76. The van der Waals surface area contributed by atoms with Gasteiger partial charge < -0.3 is 9.47 Å². The van der Waals surface area contributed by atoms with Crippen molar-refractivity contribution in [2.24, 2.45) is 7.05 Å². The van der Waals surface area contributed by atoms with Crippen LogP contribution in [-0.4, -0.2) is 29.6 Å². The van der Waals surface area contributed by atoms with E-state index in [0.717, 1.165) is 6.54 Å². The Morgan fingerprint density at radius 1 is 1.31 bits per heavy atom. The van der Waals surface area contributed by atoms with Crippen LogP contribution in [0.1, 0.15) is 12.1 Å². The second-order valence-electron chi connectivity index (χ2n) is 3.75. The first-order valence-electron chi connectivity index (χ1n) is 4.76. The Kier molecular flexibility index (Phi) is 2.23. The topological polar surface area (TPSA) is 8.17 Å². The fraction of sp³-hybridized carbons (Fsp3) is 0.455. The highest BCUT2D eigenvalue weighted by atomic mass is 15.1. The van der Waals surface area contributed by atoms with E-state index in [2.05, 4.69) is 48.0 Å². The molecule has 2 nitrogen and oxygen atoms in total. The van der Waals surface area contributed by atoms with Gasteiger partial charge in [-0.05, 0) is 31.2 Å². The molecule has 0 aromatic carbocycles. The zero-order valence-corrected chi connectivity index (χ0v) is 8.33. The molecule has 2 heterocycles. The first-order chi connectivity index (χ1) is 6.27. The summed E-state index contributed by atoms with van der Waals surface area (Å²) in [5.74, 6) is 0. The lowest BCUT2D eigenvalue weighted by atomic mass is 10.1. The third-order valence-corrected chi connectivity index (χ3v) is 2.68. The largest absolute Gasteiger partial charge is 0.351 e. The van der Waals surface area contributed by atoms with Crippen LogP contribution in [0.4, 0.5) is 0 Å². The van der Waals surface area contributed by atoms with Crippen LogP contribution in [-0.2, 0) is 7.05 Å². The Balaban J connectivity index is 2.23. The summed E-state index contributed by atoms with van der Waals surface area (Å²) in [5, 5.41) is 0. The summed E-state index contributed by atoms with van der Waals surface area (Å²) in [6.45, 7) is 2.26. The quantitative estimate of drug-likeness (QED) is 0.633. The van der Waals surface area contributed by atoms with E-state index in [9.17, 15) is 0 Å². The van der Waals surface area contributed by atoms with Gasteiger partial charge in [-0.25, -0.2) is 0 Å². The molecule has 0 fully saturated rings. The average molecular weight is 176 g/mol. The van der Waals surface area contributed by atoms with Gasteiger partial charge in [-0.3, -0.25) is 0 Å². The van der Waals surface area contributed by atoms with Gasteiger partial charge in [0.2, 0.25) is 0 Å². The van der Waals surface area contributed by atoms with Gasteiger partial charge in [0.1, 0.15) is 0 Å². The molecule has 1 aromatic rings. The van der Waals surface area contributed by atoms with Crippen molar-refractivity contribution in [3.63, 3.8) is 0 Å². The fourth-order valence-corrected chi connectivity index (χ4v) is 1.80. The molecule has 0 amide bonds. The van der Waals surface area contributed by atoms with E-state index in [-0.39, 0.29) is 0 Å². The van der Waals surface area contributed by atoms with E-state index in [1.165, 1.54) is 24.2 Å². The van der Waals surface area contributed by atoms with Gasteiger partial charge in [0.05, 0.1) is 0 Å². The summed E-state index contributed by atoms with van der Waals surface area (Å²) in [7, 11) is 4.27. The number of aryl methyl sites for hydroxylation is 1. The molecule has 0 N–H and O–H groups in total. The Labute approximate surface area is 79.5 Å². The van der Waals surface area contributed by atoms with Crippen LogP contribution in [0.3, 0.4) is 0 Å². The van der Waals surface area contributed by atoms with E-state index in [4.69, 9.17) is 0 Å². The molecule has 2 heteroatoms. The van der Waals surface area contributed by atoms with E-state index >= 15 is 0 Å². The maximum Gasteiger partial charge on any atom is 0.0434 e. The number of rotatable bonds is 1. The van der Waals surface area contributed by atoms with Crippen LogP contribution in [0.5, 0.6) is 0 Å². The van der Waals surface area contributed by atoms with Crippen molar-refractivity contribution in [2.75, 3.05) is 20.1 Å². The van der Waals surface area contributed by atoms with Crippen molar-refractivity contribution in [1.82, 2.24) is 9.47 Å². The maximum absolute atomic E-state index is 2.34. The van der Waals surface area contributed by atoms with E-state index < -0.39 is 0 Å². The van der Waals surface area contributed by atoms with Crippen LogP contribution in [0.25, 0.3) is 5.57 Å². The molecule has 0 radical (unpaired) electrons. The van der Waals surface area contributed by atoms with Crippen molar-refractivity contribution in [3.05, 3.63) is 30.1 Å². The lowest BCUT2D eigenvalue weighted by molar-refractivity contribution is 0.369. The molecular weight excluding hydrogens is 160 g/mol. The molecule has 2 rings (SSSR count). The summed E-state index contributed by atoms with van der Waals surface area (Å²) < 4.78 is 2.19. The van der Waals surface area contributed by atoms with Gasteiger partial charge in [0.15, 0.2) is 0 Å². The average Bonchev–Trinajstić information content (AvgIpc) is 2.53. The normalized spacial score (nSPS) is 18.8. The van der Waals surface area contributed by atoms with Gasteiger partial charge in [0, 0.05) is 32.0 Å². The van der Waals surface area contributed by atoms with E-state index in [0.29, 0.717) is 0 Å². The Morgan fingerprint density at radius 2 is 2.15 bits per heavy atom. The second kappa shape index (κ2) is 3.38. The summed E-state index contributed by atoms with van der Waals surface area (Å²) in [6, 6.07) is 4.30. The van der Waals surface area contributed by atoms with Crippen LogP contribution in [0, 0.1) is 0 Å². The molecule has 1 aliphatic heterocycles. The summed E-state index contributed by atoms with van der Waals surface area (Å²) in [5.41, 5.74) is 2.86. The van der Waals surface area contributed by atoms with Crippen molar-refractivity contribution >= 4 is 5.57 Å². The minimum atomic E-state index is 1.08. The van der Waals surface area contributed by atoms with Crippen LogP contribution in [0.15, 0.2) is 24.4 Å². The molecule has 0 saturated carbocycles. The predicted molar refractivity (Wildman–Crippen MR) is 55.5 cm³/mol. The molecular formula is C11H16N2. The van der Waals surface area contributed by atoms with Gasteiger partial charge >= 0.3 is 0 Å². The van der Waals surface area contributed by atoms with Crippen molar-refractivity contribution in [1.29, 1.82) is 0 Å². The highest BCUT2D eigenvalue weighted by Crippen LogP contribution is 2.21. The number of hydrogen-bond acceptors (Lipinski definition) is 1. The smallest absolute Gasteiger partial charge is 0.0434 e. The molecule has 0 spiro atoms. The summed E-state index contributed by atoms with van der Waals surface area (Å²) >= 11 is 0. The Morgan fingerprint density at radius 3 is 2.69 bits per heavy atom. The maximum atomic E-state index is 2.34. The van der Waals surface area contributed by atoms with Gasteiger partial charge in [-0.1, -0.05) is 6.08 Å². The number of nitrogens with zero attached hydrogens (tertiary/aromatic N) is 2. The van der Waals surface area contributed by atoms with Gasteiger partial charge in [-0.15, -0.1) is 0 Å². The Bertz CT molecular complexity index is 323. The van der Waals surface area contributed by atoms with Gasteiger partial charge in [0.25, 0.3) is 0 Å². The van der Waals surface area contributed by atoms with Crippen LogP contribution < -0.4 is 0 Å². The summed E-state index contributed by atoms with van der Waals surface area (Å²) in [6.07, 6.45) is 5.61. The number of hydrogen-bond donors (Lipinski definition) is 0. The molecule has 0 aliphatic carbocycles. The molecule has 1 aromatic heterocycles. The number of likely N-dealkylation sites (N-methyl/N-ethyl adjacent to an activating group) is 1. The minimum Gasteiger partial charge on any atom is -0.351 e. The first kappa shape index (κ1) is 8.57. The molecule has 1 aliphatic rings. The van der Waals surface area contributed by atoms with Crippen molar-refractivity contribution in [3.8, 4) is 0 Å². The molecule has 13 heavy (non-hydrogen) atoms. The molecule has 0 saturated heterocycles. The lowest BCUT2D eigenvalue weighted by Gasteiger charge is -2.22. The third-order valence-electron chi connectivity index (χ3n) is 2.68. The van der Waals surface area contributed by atoms with Crippen molar-refractivity contribution in [2.45, 2.75) is 6.42 Å². The van der Waals surface area contributed by atoms with Crippen LogP contribution in [0.2, 0.25) is 0 Å².